The molecule has 0 unspecified atom stereocenters. The van der Waals surface area contributed by atoms with Gasteiger partial charge in [0.1, 0.15) is 11.4 Å². The van der Waals surface area contributed by atoms with Gasteiger partial charge < -0.3 is 0 Å². The van der Waals surface area contributed by atoms with Crippen LogP contribution in [0.2, 0.25) is 0 Å². The Balaban J connectivity index is 1.85. The molecule has 122 valence electrons. The predicted molar refractivity (Wildman–Crippen MR) is 89.6 cm³/mol. The van der Waals surface area contributed by atoms with Gasteiger partial charge in [-0.25, -0.2) is 4.98 Å². The van der Waals surface area contributed by atoms with E-state index < -0.39 is 0 Å². The third-order valence-electron chi connectivity index (χ3n) is 4.71. The van der Waals surface area contributed by atoms with Gasteiger partial charge >= 0.3 is 0 Å². The van der Waals surface area contributed by atoms with Crippen molar-refractivity contribution in [1.82, 2.24) is 14.3 Å². The Morgan fingerprint density at radius 2 is 2.22 bits per heavy atom. The van der Waals surface area contributed by atoms with E-state index in [4.69, 9.17) is 0 Å². The lowest BCUT2D eigenvalue weighted by atomic mass is 10.1. The Morgan fingerprint density at radius 3 is 2.87 bits per heavy atom. The molecule has 0 spiro atoms. The highest BCUT2D eigenvalue weighted by Crippen LogP contribution is 2.19. The minimum Gasteiger partial charge on any atom is -0.300 e. The first kappa shape index (κ1) is 15.9. The van der Waals surface area contributed by atoms with Gasteiger partial charge in [0.05, 0.1) is 5.56 Å². The molecule has 0 radical (unpaired) electrons. The Kier molecular flexibility index (Phi) is 4.31. The van der Waals surface area contributed by atoms with Gasteiger partial charge in [0.2, 0.25) is 0 Å². The minimum absolute atomic E-state index is 0.0171. The first-order valence-electron chi connectivity index (χ1n) is 8.18. The molecule has 3 heterocycles. The fourth-order valence-electron chi connectivity index (χ4n) is 3.15. The molecule has 5 heteroatoms. The largest absolute Gasteiger partial charge is 0.300 e. The van der Waals surface area contributed by atoms with Crippen molar-refractivity contribution >= 4 is 11.4 Å². The van der Waals surface area contributed by atoms with Crippen LogP contribution in [0.15, 0.2) is 29.3 Å². The Hall–Kier alpha value is -2.01. The average molecular weight is 313 g/mol. The van der Waals surface area contributed by atoms with E-state index in [1.165, 1.54) is 5.56 Å². The molecule has 2 aromatic heterocycles. The molecule has 23 heavy (non-hydrogen) atoms. The highest BCUT2D eigenvalue weighted by atomic mass is 16.1. The number of aromatic nitrogens is 2. The number of fused-ring (bicyclic) bond motifs is 1. The first-order chi connectivity index (χ1) is 11.0. The summed E-state index contributed by atoms with van der Waals surface area (Å²) in [5.74, 6) is 0.756. The normalized spacial score (nSPS) is 18.9. The van der Waals surface area contributed by atoms with E-state index in [1.54, 1.807) is 17.5 Å². The topological polar surface area (TPSA) is 54.7 Å². The molecule has 3 rings (SSSR count). The maximum atomic E-state index is 12.6. The quantitative estimate of drug-likeness (QED) is 0.868. The molecular formula is C18H23N3O2. The van der Waals surface area contributed by atoms with E-state index >= 15 is 0 Å². The fraction of sp³-hybridized carbons (Fsp3) is 0.500. The number of Topliss-reactive ketones (excluding diaryl/α,β-unsaturated/α-hetero) is 1. The molecule has 1 saturated heterocycles. The third kappa shape index (κ3) is 3.20. The summed E-state index contributed by atoms with van der Waals surface area (Å²) in [6.45, 7) is 8.05. The van der Waals surface area contributed by atoms with E-state index in [-0.39, 0.29) is 17.3 Å². The van der Waals surface area contributed by atoms with Crippen LogP contribution in [0.1, 0.15) is 44.2 Å². The number of hydrogen-bond acceptors (Lipinski definition) is 4. The summed E-state index contributed by atoms with van der Waals surface area (Å²) in [6.07, 6.45) is 4.38. The van der Waals surface area contributed by atoms with E-state index in [2.05, 4.69) is 23.7 Å². The van der Waals surface area contributed by atoms with Crippen LogP contribution in [0.5, 0.6) is 0 Å². The van der Waals surface area contributed by atoms with Crippen LogP contribution in [0.4, 0.5) is 0 Å². The fourth-order valence-corrected chi connectivity index (χ4v) is 3.15. The second-order valence-corrected chi connectivity index (χ2v) is 6.76. The summed E-state index contributed by atoms with van der Waals surface area (Å²) in [5, 5.41) is 0. The van der Waals surface area contributed by atoms with Gasteiger partial charge in [-0.2, -0.15) is 0 Å². The number of carbonyl (C=O) groups excluding carboxylic acids is 1. The lowest BCUT2D eigenvalue weighted by molar-refractivity contribution is -0.120. The van der Waals surface area contributed by atoms with Gasteiger partial charge in [-0.05, 0) is 43.5 Å². The van der Waals surface area contributed by atoms with Crippen molar-refractivity contribution in [3.8, 4) is 0 Å². The predicted octanol–water partition coefficient (Wildman–Crippen LogP) is 2.23. The summed E-state index contributed by atoms with van der Waals surface area (Å²) in [7, 11) is 0. The van der Waals surface area contributed by atoms with Gasteiger partial charge in [-0.15, -0.1) is 0 Å². The van der Waals surface area contributed by atoms with Gasteiger partial charge in [0.15, 0.2) is 0 Å². The van der Waals surface area contributed by atoms with Crippen molar-refractivity contribution in [2.24, 2.45) is 5.92 Å². The molecule has 2 aromatic rings. The van der Waals surface area contributed by atoms with E-state index in [0.717, 1.165) is 19.5 Å². The summed E-state index contributed by atoms with van der Waals surface area (Å²) in [5.41, 5.74) is 2.53. The molecule has 5 nitrogen and oxygen atoms in total. The zero-order chi connectivity index (χ0) is 16.6. The summed E-state index contributed by atoms with van der Waals surface area (Å²) < 4.78 is 1.61. The second-order valence-electron chi connectivity index (χ2n) is 6.76. The zero-order valence-electron chi connectivity index (χ0n) is 14.0. The van der Waals surface area contributed by atoms with Crippen LogP contribution in [0.3, 0.4) is 0 Å². The van der Waals surface area contributed by atoms with Gasteiger partial charge in [-0.3, -0.25) is 18.9 Å². The number of hydrogen-bond donors (Lipinski definition) is 0. The highest BCUT2D eigenvalue weighted by molar-refractivity contribution is 5.78. The molecule has 1 aliphatic rings. The molecule has 0 amide bonds. The third-order valence-corrected chi connectivity index (χ3v) is 4.71. The van der Waals surface area contributed by atoms with Crippen molar-refractivity contribution in [3.05, 3.63) is 46.0 Å². The summed E-state index contributed by atoms with van der Waals surface area (Å²) in [4.78, 5) is 30.7. The molecule has 0 saturated carbocycles. The summed E-state index contributed by atoms with van der Waals surface area (Å²) in [6, 6.07) is 3.95. The maximum Gasteiger partial charge on any atom is 0.262 e. The first-order valence-corrected chi connectivity index (χ1v) is 8.18. The smallest absolute Gasteiger partial charge is 0.262 e. The monoisotopic (exact) mass is 313 g/mol. The Labute approximate surface area is 136 Å². The van der Waals surface area contributed by atoms with Crippen LogP contribution in [0.25, 0.3) is 5.65 Å². The van der Waals surface area contributed by atoms with Gasteiger partial charge in [0, 0.05) is 31.4 Å². The van der Waals surface area contributed by atoms with Crippen molar-refractivity contribution in [2.45, 2.75) is 39.7 Å². The number of pyridine rings is 1. The molecule has 0 aromatic carbocycles. The SMILES string of the molecule is CC(=O)[C@@H]1CCN(Cc2cnc3cc(C(C)C)ccn3c2=O)C1. The van der Waals surface area contributed by atoms with Crippen molar-refractivity contribution in [1.29, 1.82) is 0 Å². The zero-order valence-corrected chi connectivity index (χ0v) is 14.0. The molecular weight excluding hydrogens is 290 g/mol. The maximum absolute atomic E-state index is 12.6. The number of rotatable bonds is 4. The summed E-state index contributed by atoms with van der Waals surface area (Å²) >= 11 is 0. The lowest BCUT2D eigenvalue weighted by Crippen LogP contribution is -2.28. The lowest BCUT2D eigenvalue weighted by Gasteiger charge is -2.15. The van der Waals surface area contributed by atoms with E-state index in [0.29, 0.717) is 23.7 Å². The standard InChI is InChI=1S/C18H23N3O2/c1-12(2)14-5-7-21-17(8-14)19-9-16(18(21)23)11-20-6-4-15(10-20)13(3)22/h5,7-9,12,15H,4,6,10-11H2,1-3H3/t15-/m1/s1. The Bertz CT molecular complexity index is 794. The van der Waals surface area contributed by atoms with Crippen LogP contribution >= 0.6 is 0 Å². The van der Waals surface area contributed by atoms with Crippen molar-refractivity contribution in [2.75, 3.05) is 13.1 Å². The average Bonchev–Trinajstić information content (AvgIpc) is 2.98. The van der Waals surface area contributed by atoms with Crippen molar-refractivity contribution in [3.63, 3.8) is 0 Å². The minimum atomic E-state index is -0.0171. The molecule has 0 N–H and O–H groups in total. The van der Waals surface area contributed by atoms with Crippen molar-refractivity contribution < 1.29 is 4.79 Å². The molecule has 1 atom stereocenters. The molecule has 0 bridgehead atoms. The molecule has 0 aliphatic carbocycles. The van der Waals surface area contributed by atoms with Gasteiger partial charge in [-0.1, -0.05) is 13.8 Å². The number of carbonyl (C=O) groups is 1. The Morgan fingerprint density at radius 1 is 1.43 bits per heavy atom. The number of ketones is 1. The van der Waals surface area contributed by atoms with E-state index in [1.807, 2.05) is 18.3 Å². The van der Waals surface area contributed by atoms with Gasteiger partial charge in [0.25, 0.3) is 5.56 Å². The number of nitrogens with zero attached hydrogens (tertiary/aromatic N) is 3. The van der Waals surface area contributed by atoms with Crippen LogP contribution in [0, 0.1) is 5.92 Å². The van der Waals surface area contributed by atoms with Crippen LogP contribution < -0.4 is 5.56 Å². The van der Waals surface area contributed by atoms with Crippen LogP contribution in [-0.4, -0.2) is 33.2 Å². The van der Waals surface area contributed by atoms with E-state index in [9.17, 15) is 9.59 Å². The number of likely N-dealkylation sites (tertiary alicyclic amines) is 1. The molecule has 1 aliphatic heterocycles. The van der Waals surface area contributed by atoms with Crippen LogP contribution in [-0.2, 0) is 11.3 Å². The second kappa shape index (κ2) is 6.24. The molecule has 1 fully saturated rings. The highest BCUT2D eigenvalue weighted by Gasteiger charge is 2.26.